The molecule has 1 aliphatic heterocycles. The molecule has 0 aliphatic carbocycles. The van der Waals surface area contributed by atoms with Crippen molar-refractivity contribution in [1.82, 2.24) is 5.32 Å². The number of nitrogens with zero attached hydrogens (tertiary/aromatic N) is 1. The van der Waals surface area contributed by atoms with Crippen LogP contribution < -0.4 is 10.2 Å². The van der Waals surface area contributed by atoms with Crippen molar-refractivity contribution in [3.63, 3.8) is 0 Å². The lowest BCUT2D eigenvalue weighted by Gasteiger charge is -2.30. The van der Waals surface area contributed by atoms with Crippen LogP contribution in [0.3, 0.4) is 0 Å². The van der Waals surface area contributed by atoms with Gasteiger partial charge in [-0.2, -0.15) is 0 Å². The molecular formula is C21H25ClN2O3S. The van der Waals surface area contributed by atoms with Crippen LogP contribution in [0.15, 0.2) is 41.3 Å². The van der Waals surface area contributed by atoms with Crippen molar-refractivity contribution in [2.75, 3.05) is 37.0 Å². The minimum absolute atomic E-state index is 0.210. The van der Waals surface area contributed by atoms with Crippen molar-refractivity contribution in [2.45, 2.75) is 25.3 Å². The fraction of sp³-hybridized carbons (Fsp3) is 0.381. The van der Waals surface area contributed by atoms with E-state index < -0.39 is 10.8 Å². The maximum absolute atomic E-state index is 12.9. The van der Waals surface area contributed by atoms with E-state index in [9.17, 15) is 9.00 Å². The first-order chi connectivity index (χ1) is 13.5. The molecule has 1 saturated heterocycles. The first-order valence-corrected chi connectivity index (χ1v) is 11.1. The van der Waals surface area contributed by atoms with Gasteiger partial charge in [0.2, 0.25) is 0 Å². The molecule has 1 N–H and O–H groups in total. The van der Waals surface area contributed by atoms with Gasteiger partial charge in [0.25, 0.3) is 5.91 Å². The van der Waals surface area contributed by atoms with Crippen LogP contribution >= 0.6 is 11.6 Å². The Bertz CT molecular complexity index is 865. The minimum atomic E-state index is -1.23. The molecule has 150 valence electrons. The van der Waals surface area contributed by atoms with E-state index in [1.54, 1.807) is 12.1 Å². The third kappa shape index (κ3) is 4.93. The van der Waals surface area contributed by atoms with Crippen molar-refractivity contribution in [3.8, 4) is 0 Å². The maximum Gasteiger partial charge on any atom is 0.253 e. The molecule has 1 aliphatic rings. The second kappa shape index (κ2) is 9.54. The van der Waals surface area contributed by atoms with E-state index in [-0.39, 0.29) is 5.91 Å². The second-order valence-corrected chi connectivity index (χ2v) is 8.82. The number of amides is 1. The number of benzene rings is 2. The Hall–Kier alpha value is -1.89. The molecule has 28 heavy (non-hydrogen) atoms. The van der Waals surface area contributed by atoms with Crippen molar-refractivity contribution in [2.24, 2.45) is 0 Å². The molecule has 2 aromatic carbocycles. The van der Waals surface area contributed by atoms with E-state index in [4.69, 9.17) is 16.3 Å². The molecule has 0 saturated carbocycles. The lowest BCUT2D eigenvalue weighted by Crippen LogP contribution is -2.36. The quantitative estimate of drug-likeness (QED) is 0.776. The van der Waals surface area contributed by atoms with Gasteiger partial charge in [-0.05, 0) is 42.3 Å². The molecule has 0 radical (unpaired) electrons. The third-order valence-electron chi connectivity index (χ3n) is 4.76. The summed E-state index contributed by atoms with van der Waals surface area (Å²) in [5.74, 6) is 0.251. The summed E-state index contributed by atoms with van der Waals surface area (Å²) in [7, 11) is -1.23. The Balaban J connectivity index is 1.86. The zero-order valence-electron chi connectivity index (χ0n) is 16.2. The molecule has 1 unspecified atom stereocenters. The average Bonchev–Trinajstić information content (AvgIpc) is 2.72. The molecule has 0 spiro atoms. The van der Waals surface area contributed by atoms with E-state index in [1.165, 1.54) is 0 Å². The maximum atomic E-state index is 12.9. The SMILES string of the molecule is CCS(=O)c1cc(N2CCOCC2)cc(C)c1C(=O)NCc1ccc(Cl)cc1. The summed E-state index contributed by atoms with van der Waals surface area (Å²) in [6, 6.07) is 11.2. The summed E-state index contributed by atoms with van der Waals surface area (Å²) in [5, 5.41) is 3.60. The topological polar surface area (TPSA) is 58.6 Å². The number of hydrogen-bond donors (Lipinski definition) is 1. The first kappa shape index (κ1) is 20.8. The molecule has 7 heteroatoms. The summed E-state index contributed by atoms with van der Waals surface area (Å²) in [6.45, 7) is 7.08. The molecule has 1 heterocycles. The molecule has 3 rings (SSSR count). The van der Waals surface area contributed by atoms with Gasteiger partial charge in [0.05, 0.1) is 34.5 Å². The predicted molar refractivity (Wildman–Crippen MR) is 114 cm³/mol. The van der Waals surface area contributed by atoms with Crippen LogP contribution in [0.2, 0.25) is 5.02 Å². The molecule has 2 aromatic rings. The van der Waals surface area contributed by atoms with Gasteiger partial charge in [-0.1, -0.05) is 30.7 Å². The highest BCUT2D eigenvalue weighted by molar-refractivity contribution is 7.85. The summed E-state index contributed by atoms with van der Waals surface area (Å²) in [4.78, 5) is 15.7. The second-order valence-electron chi connectivity index (χ2n) is 6.68. The normalized spacial score (nSPS) is 15.3. The average molecular weight is 421 g/mol. The van der Waals surface area contributed by atoms with Crippen LogP contribution in [0, 0.1) is 6.92 Å². The Morgan fingerprint density at radius 3 is 2.54 bits per heavy atom. The van der Waals surface area contributed by atoms with Gasteiger partial charge >= 0.3 is 0 Å². The number of anilines is 1. The predicted octanol–water partition coefficient (Wildman–Crippen LogP) is 3.54. The van der Waals surface area contributed by atoms with Crippen LogP contribution in [-0.2, 0) is 22.1 Å². The van der Waals surface area contributed by atoms with Crippen molar-refractivity contribution in [1.29, 1.82) is 0 Å². The van der Waals surface area contributed by atoms with Gasteiger partial charge in [-0.3, -0.25) is 9.00 Å². The van der Waals surface area contributed by atoms with Crippen LogP contribution in [0.1, 0.15) is 28.4 Å². The molecule has 1 amide bonds. The van der Waals surface area contributed by atoms with Gasteiger partial charge in [0, 0.05) is 36.1 Å². The number of ether oxygens (including phenoxy) is 1. The number of rotatable bonds is 6. The molecular weight excluding hydrogens is 396 g/mol. The van der Waals surface area contributed by atoms with Crippen LogP contribution in [0.4, 0.5) is 5.69 Å². The summed E-state index contributed by atoms with van der Waals surface area (Å²) in [6.07, 6.45) is 0. The number of halogens is 1. The number of hydrogen-bond acceptors (Lipinski definition) is 4. The van der Waals surface area contributed by atoms with Gasteiger partial charge in [-0.15, -0.1) is 0 Å². The van der Waals surface area contributed by atoms with Crippen LogP contribution in [0.25, 0.3) is 0 Å². The minimum Gasteiger partial charge on any atom is -0.378 e. The zero-order valence-corrected chi connectivity index (χ0v) is 17.7. The third-order valence-corrected chi connectivity index (χ3v) is 6.35. The molecule has 0 aromatic heterocycles. The van der Waals surface area contributed by atoms with Crippen molar-refractivity contribution in [3.05, 3.63) is 58.1 Å². The number of carbonyl (C=O) groups is 1. The van der Waals surface area contributed by atoms with Gasteiger partial charge in [-0.25, -0.2) is 0 Å². The Morgan fingerprint density at radius 1 is 1.21 bits per heavy atom. The fourth-order valence-electron chi connectivity index (χ4n) is 3.24. The molecule has 1 fully saturated rings. The van der Waals surface area contributed by atoms with E-state index in [1.807, 2.05) is 38.1 Å². The zero-order chi connectivity index (χ0) is 20.1. The summed E-state index contributed by atoms with van der Waals surface area (Å²) in [5.41, 5.74) is 3.28. The highest BCUT2D eigenvalue weighted by Crippen LogP contribution is 2.27. The van der Waals surface area contributed by atoms with E-state index >= 15 is 0 Å². The number of carbonyl (C=O) groups excluding carboxylic acids is 1. The van der Waals surface area contributed by atoms with Crippen molar-refractivity contribution >= 4 is 34.0 Å². The Morgan fingerprint density at radius 2 is 1.89 bits per heavy atom. The number of morpholine rings is 1. The van der Waals surface area contributed by atoms with Gasteiger partial charge in [0.1, 0.15) is 0 Å². The van der Waals surface area contributed by atoms with Gasteiger partial charge < -0.3 is 15.0 Å². The standard InChI is InChI=1S/C21H25ClN2O3S/c1-3-28(26)19-13-18(24-8-10-27-11-9-24)12-15(2)20(19)21(25)23-14-16-4-6-17(22)7-5-16/h4-7,12-13H,3,8-11,14H2,1-2H3,(H,23,25). The number of aryl methyl sites for hydroxylation is 1. The fourth-order valence-corrected chi connectivity index (χ4v) is 4.41. The lowest BCUT2D eigenvalue weighted by atomic mass is 10.1. The molecule has 0 bridgehead atoms. The number of nitrogens with one attached hydrogen (secondary N) is 1. The van der Waals surface area contributed by atoms with E-state index in [0.717, 1.165) is 29.9 Å². The van der Waals surface area contributed by atoms with Crippen LogP contribution in [0.5, 0.6) is 0 Å². The Labute approximate surface area is 173 Å². The first-order valence-electron chi connectivity index (χ1n) is 9.38. The monoisotopic (exact) mass is 420 g/mol. The highest BCUT2D eigenvalue weighted by atomic mass is 35.5. The molecule has 5 nitrogen and oxygen atoms in total. The van der Waals surface area contributed by atoms with Crippen molar-refractivity contribution < 1.29 is 13.7 Å². The Kier molecular flexibility index (Phi) is 7.10. The van der Waals surface area contributed by atoms with E-state index in [2.05, 4.69) is 10.2 Å². The van der Waals surface area contributed by atoms with Gasteiger partial charge in [0.15, 0.2) is 0 Å². The largest absolute Gasteiger partial charge is 0.378 e. The van der Waals surface area contributed by atoms with E-state index in [0.29, 0.717) is 41.0 Å². The summed E-state index contributed by atoms with van der Waals surface area (Å²) >= 11 is 5.91. The lowest BCUT2D eigenvalue weighted by molar-refractivity contribution is 0.0947. The smallest absolute Gasteiger partial charge is 0.253 e. The summed E-state index contributed by atoms with van der Waals surface area (Å²) < 4.78 is 18.1. The highest BCUT2D eigenvalue weighted by Gasteiger charge is 2.21. The van der Waals surface area contributed by atoms with Crippen LogP contribution in [-0.4, -0.2) is 42.2 Å². The molecule has 1 atom stereocenters.